The van der Waals surface area contributed by atoms with E-state index < -0.39 is 12.5 Å². The Hall–Kier alpha value is -1.42. The fourth-order valence-electron chi connectivity index (χ4n) is 2.04. The predicted octanol–water partition coefficient (Wildman–Crippen LogP) is 5.74. The van der Waals surface area contributed by atoms with E-state index >= 15 is 0 Å². The molecule has 0 saturated heterocycles. The smallest absolute Gasteiger partial charge is 0.306 e. The third-order valence-electron chi connectivity index (χ3n) is 3.20. The summed E-state index contributed by atoms with van der Waals surface area (Å²) in [5.74, 6) is -2.31. The number of alkyl halides is 2. The standard InChI is InChI=1S/C17H17BrF2O/c1-12(2)15-10-14(18)8-9-16(15)21-11-17(19,20)13-6-4-3-5-7-13/h3-10,12H,11H2,1-2H3. The van der Waals surface area contributed by atoms with Gasteiger partial charge in [-0.25, -0.2) is 0 Å². The Morgan fingerprint density at radius 3 is 2.38 bits per heavy atom. The highest BCUT2D eigenvalue weighted by molar-refractivity contribution is 9.10. The topological polar surface area (TPSA) is 9.23 Å². The van der Waals surface area contributed by atoms with Crippen LogP contribution in [0.3, 0.4) is 0 Å². The Morgan fingerprint density at radius 2 is 1.76 bits per heavy atom. The van der Waals surface area contributed by atoms with Crippen LogP contribution < -0.4 is 4.74 Å². The largest absolute Gasteiger partial charge is 0.487 e. The summed E-state index contributed by atoms with van der Waals surface area (Å²) in [6.07, 6.45) is 0. The molecule has 0 radical (unpaired) electrons. The Balaban J connectivity index is 2.16. The van der Waals surface area contributed by atoms with Gasteiger partial charge in [-0.05, 0) is 29.7 Å². The highest BCUT2D eigenvalue weighted by Gasteiger charge is 2.32. The van der Waals surface area contributed by atoms with Crippen molar-refractivity contribution >= 4 is 15.9 Å². The number of halogens is 3. The summed E-state index contributed by atoms with van der Waals surface area (Å²) in [5.41, 5.74) is 0.876. The number of rotatable bonds is 5. The second kappa shape index (κ2) is 6.56. The molecule has 0 unspecified atom stereocenters. The molecule has 0 heterocycles. The molecule has 2 aromatic carbocycles. The van der Waals surface area contributed by atoms with Crippen LogP contribution in [0.1, 0.15) is 30.9 Å². The molecule has 0 aliphatic carbocycles. The summed E-state index contributed by atoms with van der Waals surface area (Å²) < 4.78 is 34.6. The SMILES string of the molecule is CC(C)c1cc(Br)ccc1OCC(F)(F)c1ccccc1. The third kappa shape index (κ3) is 4.03. The van der Waals surface area contributed by atoms with Gasteiger partial charge in [0.1, 0.15) is 5.75 Å². The lowest BCUT2D eigenvalue weighted by Crippen LogP contribution is -2.23. The molecule has 0 aliphatic rings. The molecule has 0 bridgehead atoms. The van der Waals surface area contributed by atoms with E-state index in [1.54, 1.807) is 30.3 Å². The molecule has 0 atom stereocenters. The van der Waals surface area contributed by atoms with E-state index in [1.807, 2.05) is 19.9 Å². The normalized spacial score (nSPS) is 11.7. The van der Waals surface area contributed by atoms with E-state index in [2.05, 4.69) is 15.9 Å². The Kier molecular flexibility index (Phi) is 4.99. The molecule has 2 rings (SSSR count). The van der Waals surface area contributed by atoms with Gasteiger partial charge in [0.05, 0.1) is 0 Å². The Bertz CT molecular complexity index is 597. The first-order chi connectivity index (χ1) is 9.90. The molecule has 0 spiro atoms. The van der Waals surface area contributed by atoms with E-state index in [0.717, 1.165) is 10.0 Å². The first-order valence-corrected chi connectivity index (χ1v) is 7.55. The number of hydrogen-bond acceptors (Lipinski definition) is 1. The molecule has 21 heavy (non-hydrogen) atoms. The molecule has 1 nitrogen and oxygen atoms in total. The summed E-state index contributed by atoms with van der Waals surface area (Å²) in [5, 5.41) is 0. The molecule has 2 aromatic rings. The van der Waals surface area contributed by atoms with Gasteiger partial charge in [-0.1, -0.05) is 60.1 Å². The molecular weight excluding hydrogens is 338 g/mol. The van der Waals surface area contributed by atoms with Crippen molar-refractivity contribution in [2.45, 2.75) is 25.7 Å². The van der Waals surface area contributed by atoms with Crippen molar-refractivity contribution in [3.05, 3.63) is 64.1 Å². The molecule has 112 valence electrons. The fourth-order valence-corrected chi connectivity index (χ4v) is 2.41. The van der Waals surface area contributed by atoms with Crippen LogP contribution in [0.2, 0.25) is 0 Å². The Labute approximate surface area is 132 Å². The van der Waals surface area contributed by atoms with Crippen LogP contribution in [0.15, 0.2) is 53.0 Å². The van der Waals surface area contributed by atoms with Crippen molar-refractivity contribution < 1.29 is 13.5 Å². The molecule has 4 heteroatoms. The minimum absolute atomic E-state index is 0.0341. The maximum Gasteiger partial charge on any atom is 0.306 e. The van der Waals surface area contributed by atoms with Crippen molar-refractivity contribution in [1.29, 1.82) is 0 Å². The quantitative estimate of drug-likeness (QED) is 0.664. The second-order valence-electron chi connectivity index (χ2n) is 5.20. The number of benzene rings is 2. The van der Waals surface area contributed by atoms with Crippen molar-refractivity contribution in [3.63, 3.8) is 0 Å². The molecule has 0 aromatic heterocycles. The van der Waals surface area contributed by atoms with Gasteiger partial charge in [-0.3, -0.25) is 0 Å². The predicted molar refractivity (Wildman–Crippen MR) is 84.1 cm³/mol. The van der Waals surface area contributed by atoms with Crippen LogP contribution in [-0.4, -0.2) is 6.61 Å². The van der Waals surface area contributed by atoms with Crippen molar-refractivity contribution in [3.8, 4) is 5.75 Å². The summed E-state index contributed by atoms with van der Waals surface area (Å²) in [6.45, 7) is 3.34. The maximum absolute atomic E-state index is 14.1. The highest BCUT2D eigenvalue weighted by Crippen LogP contribution is 2.33. The van der Waals surface area contributed by atoms with E-state index in [1.165, 1.54) is 12.1 Å². The lowest BCUT2D eigenvalue weighted by molar-refractivity contribution is -0.0469. The van der Waals surface area contributed by atoms with E-state index in [0.29, 0.717) is 5.75 Å². The molecular formula is C17H17BrF2O. The van der Waals surface area contributed by atoms with E-state index in [-0.39, 0.29) is 11.5 Å². The Morgan fingerprint density at radius 1 is 1.10 bits per heavy atom. The second-order valence-corrected chi connectivity index (χ2v) is 6.11. The van der Waals surface area contributed by atoms with Crippen molar-refractivity contribution in [2.75, 3.05) is 6.61 Å². The molecule has 0 amide bonds. The molecule has 0 fully saturated rings. The van der Waals surface area contributed by atoms with Crippen LogP contribution in [0, 0.1) is 0 Å². The van der Waals surface area contributed by atoms with Gasteiger partial charge in [0.25, 0.3) is 0 Å². The van der Waals surface area contributed by atoms with Crippen LogP contribution >= 0.6 is 15.9 Å². The summed E-state index contributed by atoms with van der Waals surface area (Å²) >= 11 is 3.39. The van der Waals surface area contributed by atoms with Gasteiger partial charge in [0, 0.05) is 10.0 Å². The molecule has 0 aliphatic heterocycles. The van der Waals surface area contributed by atoms with Gasteiger partial charge >= 0.3 is 5.92 Å². The monoisotopic (exact) mass is 354 g/mol. The van der Waals surface area contributed by atoms with Crippen molar-refractivity contribution in [2.24, 2.45) is 0 Å². The average Bonchev–Trinajstić information content (AvgIpc) is 2.47. The van der Waals surface area contributed by atoms with E-state index in [9.17, 15) is 8.78 Å². The first-order valence-electron chi connectivity index (χ1n) is 6.76. The van der Waals surface area contributed by atoms with Gasteiger partial charge in [0.2, 0.25) is 0 Å². The zero-order valence-corrected chi connectivity index (χ0v) is 13.5. The zero-order chi connectivity index (χ0) is 15.5. The lowest BCUT2D eigenvalue weighted by atomic mass is 10.0. The van der Waals surface area contributed by atoms with Gasteiger partial charge in [0.15, 0.2) is 6.61 Å². The third-order valence-corrected chi connectivity index (χ3v) is 3.69. The highest BCUT2D eigenvalue weighted by atomic mass is 79.9. The summed E-state index contributed by atoms with van der Waals surface area (Å²) in [4.78, 5) is 0. The maximum atomic E-state index is 14.1. The average molecular weight is 355 g/mol. The van der Waals surface area contributed by atoms with Gasteiger partial charge < -0.3 is 4.74 Å². The number of ether oxygens (including phenoxy) is 1. The summed E-state index contributed by atoms with van der Waals surface area (Å²) in [6, 6.07) is 13.2. The summed E-state index contributed by atoms with van der Waals surface area (Å²) in [7, 11) is 0. The van der Waals surface area contributed by atoms with Crippen LogP contribution in [-0.2, 0) is 5.92 Å². The minimum atomic E-state index is -3.01. The van der Waals surface area contributed by atoms with Crippen LogP contribution in [0.25, 0.3) is 0 Å². The molecule has 0 saturated carbocycles. The van der Waals surface area contributed by atoms with Crippen LogP contribution in [0.4, 0.5) is 8.78 Å². The van der Waals surface area contributed by atoms with E-state index in [4.69, 9.17) is 4.74 Å². The van der Waals surface area contributed by atoms with Crippen molar-refractivity contribution in [1.82, 2.24) is 0 Å². The minimum Gasteiger partial charge on any atom is -0.487 e. The van der Waals surface area contributed by atoms with Gasteiger partial charge in [-0.2, -0.15) is 8.78 Å². The first kappa shape index (κ1) is 16.0. The van der Waals surface area contributed by atoms with Gasteiger partial charge in [-0.15, -0.1) is 0 Å². The lowest BCUT2D eigenvalue weighted by Gasteiger charge is -2.20. The number of hydrogen-bond donors (Lipinski definition) is 0. The zero-order valence-electron chi connectivity index (χ0n) is 11.9. The fraction of sp³-hybridized carbons (Fsp3) is 0.294. The van der Waals surface area contributed by atoms with Crippen LogP contribution in [0.5, 0.6) is 5.75 Å². The molecule has 0 N–H and O–H groups in total.